The Morgan fingerprint density at radius 3 is 1.75 bits per heavy atom. The van der Waals surface area contributed by atoms with Crippen LogP contribution in [0.1, 0.15) is 150 Å². The highest BCUT2D eigenvalue weighted by Crippen LogP contribution is 2.19. The summed E-state index contributed by atoms with van der Waals surface area (Å²) in [5.41, 5.74) is 18.5. The van der Waals surface area contributed by atoms with Crippen LogP contribution in [0.5, 0.6) is 0 Å². The maximum absolute atomic E-state index is 14.4. The molecule has 1 aliphatic heterocycles. The number of hydrogen-bond acceptors (Lipinski definition) is 13. The lowest BCUT2D eigenvalue weighted by Crippen LogP contribution is -2.59. The molecule has 15 N–H and O–H groups in total. The van der Waals surface area contributed by atoms with E-state index in [0.29, 0.717) is 18.8 Å². The Balaban J connectivity index is 2.66. The molecule has 424 valence electrons. The molecular formula is C54H93N11O10. The number of hydrogen-bond donors (Lipinski definition) is 12. The number of carbonyl (C=O) groups excluding carboxylic acids is 9. The number of rotatable bonds is 25. The molecule has 21 heteroatoms. The van der Waals surface area contributed by atoms with Crippen LogP contribution in [-0.4, -0.2) is 133 Å². The van der Waals surface area contributed by atoms with E-state index in [0.717, 1.165) is 31.2 Å². The first kappa shape index (κ1) is 65.6. The van der Waals surface area contributed by atoms with Gasteiger partial charge in [0.05, 0.1) is 18.6 Å². The number of carbonyl (C=O) groups is 9. The van der Waals surface area contributed by atoms with Crippen molar-refractivity contribution in [3.63, 3.8) is 0 Å². The molecule has 0 bridgehead atoms. The zero-order valence-corrected chi connectivity index (χ0v) is 45.8. The third kappa shape index (κ3) is 25.3. The van der Waals surface area contributed by atoms with Gasteiger partial charge in [-0.1, -0.05) is 111 Å². The van der Waals surface area contributed by atoms with Crippen LogP contribution in [0.25, 0.3) is 0 Å². The minimum absolute atomic E-state index is 0.00453. The molecule has 8 amide bonds. The fourth-order valence-corrected chi connectivity index (χ4v) is 8.88. The Morgan fingerprint density at radius 2 is 1.19 bits per heavy atom. The van der Waals surface area contributed by atoms with Gasteiger partial charge in [0.25, 0.3) is 0 Å². The standard InChI is InChI=1S/C54H93N11O10/c1-8-15-39-50(71)65-45(29-34(5)6)49(70)58-27-23-43(63-51(72)40(20-24-55)59-47(68)32-38(66)19-14-13-16-35(7)9-2)54(75)62-42(22-26-57)53(74)64-44(28-33(3)4)46(67)31-37(30-36-17-11-10-12-18-36)48(69)60-41(21-25-56)52(73)61-39/h10-12,17-18,33-35,37-45,66H,8-9,13-16,19-32,55-57H2,1-7H3,(H,58,70)(H,59,68)(H,60,69)(H,61,73)(H,62,75)(H,63,72)(H,64,74)(H,65,71)/t35?,37-,38+,39-,40+,41-,42-,43-,44-,45-/m0/s1. The monoisotopic (exact) mass is 1060 g/mol. The predicted octanol–water partition coefficient (Wildman–Crippen LogP) is 1.01. The Hall–Kier alpha value is -5.51. The molecule has 0 spiro atoms. The number of ketones is 1. The SMILES string of the molecule is CCC[C@@H]1NC(=O)[C@H](CCN)NC(=O)[C@@H](Cc2ccccc2)CC(=O)[C@H](CC(C)C)NC(=O)[C@H](CCN)NC(=O)[C@@H](NC(=O)[C@@H](CCN)NC(=O)C[C@H](O)CCCCC(C)CC)CCNC(=O)[C@H](CC(C)C)NC1=O. The van der Waals surface area contributed by atoms with Crippen molar-refractivity contribution < 1.29 is 48.3 Å². The highest BCUT2D eigenvalue weighted by atomic mass is 16.3. The van der Waals surface area contributed by atoms with Gasteiger partial charge in [0.15, 0.2) is 5.78 Å². The number of amides is 8. The predicted molar refractivity (Wildman–Crippen MR) is 288 cm³/mol. The maximum atomic E-state index is 14.4. The van der Waals surface area contributed by atoms with Crippen molar-refractivity contribution in [3.8, 4) is 0 Å². The van der Waals surface area contributed by atoms with Crippen LogP contribution in [0.4, 0.5) is 0 Å². The topological polar surface area (TPSA) is 348 Å². The highest BCUT2D eigenvalue weighted by Gasteiger charge is 2.36. The van der Waals surface area contributed by atoms with E-state index in [1.807, 2.05) is 34.6 Å². The molecule has 1 heterocycles. The largest absolute Gasteiger partial charge is 0.393 e. The number of nitrogens with one attached hydrogen (secondary N) is 8. The molecule has 1 aromatic carbocycles. The number of aliphatic hydroxyl groups is 1. The summed E-state index contributed by atoms with van der Waals surface area (Å²) in [6, 6.07) is 0.427. The van der Waals surface area contributed by atoms with Crippen molar-refractivity contribution in [2.45, 2.75) is 200 Å². The molecule has 0 saturated carbocycles. The normalized spacial score (nSPS) is 23.4. The molecule has 1 aliphatic rings. The smallest absolute Gasteiger partial charge is 0.243 e. The zero-order valence-electron chi connectivity index (χ0n) is 45.8. The summed E-state index contributed by atoms with van der Waals surface area (Å²) in [6.45, 7) is 13.2. The molecule has 0 aliphatic carbocycles. The molecule has 1 fully saturated rings. The summed E-state index contributed by atoms with van der Waals surface area (Å²) in [4.78, 5) is 127. The van der Waals surface area contributed by atoms with Gasteiger partial charge in [-0.05, 0) is 101 Å². The fraction of sp³-hybridized carbons (Fsp3) is 0.722. The third-order valence-electron chi connectivity index (χ3n) is 13.4. The van der Waals surface area contributed by atoms with Crippen molar-refractivity contribution in [2.75, 3.05) is 26.2 Å². The molecule has 21 nitrogen and oxygen atoms in total. The number of aliphatic hydroxyl groups excluding tert-OH is 1. The Kier molecular flexibility index (Phi) is 31.2. The van der Waals surface area contributed by atoms with Gasteiger partial charge < -0.3 is 64.8 Å². The number of unbranched alkanes of at least 4 members (excludes halogenated alkanes) is 1. The van der Waals surface area contributed by atoms with Gasteiger partial charge in [-0.3, -0.25) is 43.2 Å². The van der Waals surface area contributed by atoms with Crippen molar-refractivity contribution in [3.05, 3.63) is 35.9 Å². The first-order chi connectivity index (χ1) is 35.7. The van der Waals surface area contributed by atoms with Crippen LogP contribution in [0.15, 0.2) is 30.3 Å². The number of benzene rings is 1. The van der Waals surface area contributed by atoms with E-state index in [-0.39, 0.29) is 102 Å². The summed E-state index contributed by atoms with van der Waals surface area (Å²) in [6.07, 6.45) is 3.21. The summed E-state index contributed by atoms with van der Waals surface area (Å²) in [5, 5.41) is 32.5. The number of Topliss-reactive ketones (excluding diaryl/α,β-unsaturated/α-hetero) is 1. The van der Waals surface area contributed by atoms with Crippen molar-refractivity contribution in [1.29, 1.82) is 0 Å². The molecule has 10 atom stereocenters. The Bertz CT molecular complexity index is 1960. The van der Waals surface area contributed by atoms with E-state index in [9.17, 15) is 48.3 Å². The first-order valence-corrected chi connectivity index (χ1v) is 27.4. The summed E-state index contributed by atoms with van der Waals surface area (Å²) in [5.74, 6) is -6.77. The zero-order chi connectivity index (χ0) is 56.0. The average Bonchev–Trinajstić information content (AvgIpc) is 3.35. The second-order valence-corrected chi connectivity index (χ2v) is 21.1. The van der Waals surface area contributed by atoms with E-state index in [1.165, 1.54) is 0 Å². The molecule has 0 aromatic heterocycles. The fourth-order valence-electron chi connectivity index (χ4n) is 8.88. The molecule has 75 heavy (non-hydrogen) atoms. The number of nitrogens with two attached hydrogens (primary N) is 3. The van der Waals surface area contributed by atoms with Gasteiger partial charge >= 0.3 is 0 Å². The van der Waals surface area contributed by atoms with Crippen molar-refractivity contribution >= 4 is 53.0 Å². The van der Waals surface area contributed by atoms with Crippen LogP contribution >= 0.6 is 0 Å². The van der Waals surface area contributed by atoms with Crippen molar-refractivity contribution in [1.82, 2.24) is 42.5 Å². The van der Waals surface area contributed by atoms with Crippen LogP contribution in [0.3, 0.4) is 0 Å². The molecular weight excluding hydrogens is 963 g/mol. The van der Waals surface area contributed by atoms with Crippen LogP contribution in [0.2, 0.25) is 0 Å². The lowest BCUT2D eigenvalue weighted by molar-refractivity contribution is -0.136. The van der Waals surface area contributed by atoms with E-state index >= 15 is 0 Å². The molecule has 2 rings (SSSR count). The third-order valence-corrected chi connectivity index (χ3v) is 13.4. The molecule has 0 radical (unpaired) electrons. The highest BCUT2D eigenvalue weighted by molar-refractivity contribution is 5.98. The van der Waals surface area contributed by atoms with Crippen LogP contribution < -0.4 is 59.7 Å². The average molecular weight is 1060 g/mol. The lowest BCUT2D eigenvalue weighted by Gasteiger charge is -2.28. The summed E-state index contributed by atoms with van der Waals surface area (Å²) in [7, 11) is 0. The van der Waals surface area contributed by atoms with E-state index < -0.39 is 107 Å². The van der Waals surface area contributed by atoms with Gasteiger partial charge in [-0.2, -0.15) is 0 Å². The van der Waals surface area contributed by atoms with Gasteiger partial charge in [0.1, 0.15) is 36.3 Å². The van der Waals surface area contributed by atoms with E-state index in [1.54, 1.807) is 30.3 Å². The molecule has 1 unspecified atom stereocenters. The second kappa shape index (κ2) is 35.7. The van der Waals surface area contributed by atoms with Gasteiger partial charge in [-0.15, -0.1) is 0 Å². The Morgan fingerprint density at radius 1 is 0.653 bits per heavy atom. The van der Waals surface area contributed by atoms with Gasteiger partial charge in [0.2, 0.25) is 47.3 Å². The quantitative estimate of drug-likeness (QED) is 0.0610. The summed E-state index contributed by atoms with van der Waals surface area (Å²) < 4.78 is 0. The van der Waals surface area contributed by atoms with E-state index in [2.05, 4.69) is 56.4 Å². The van der Waals surface area contributed by atoms with E-state index in [4.69, 9.17) is 17.2 Å². The lowest BCUT2D eigenvalue weighted by atomic mass is 9.88. The maximum Gasteiger partial charge on any atom is 0.243 e. The van der Waals surface area contributed by atoms with Gasteiger partial charge in [0, 0.05) is 18.9 Å². The second-order valence-electron chi connectivity index (χ2n) is 21.1. The Labute approximate surface area is 445 Å². The summed E-state index contributed by atoms with van der Waals surface area (Å²) >= 11 is 0. The van der Waals surface area contributed by atoms with Crippen molar-refractivity contribution in [2.24, 2.45) is 40.9 Å². The van der Waals surface area contributed by atoms with Gasteiger partial charge in [-0.25, -0.2) is 0 Å². The van der Waals surface area contributed by atoms with Crippen LogP contribution in [-0.2, 0) is 49.6 Å². The van der Waals surface area contributed by atoms with Crippen LogP contribution in [0, 0.1) is 23.7 Å². The minimum atomic E-state index is -1.44. The molecule has 1 aromatic rings. The molecule has 1 saturated heterocycles. The minimum Gasteiger partial charge on any atom is -0.393 e. The first-order valence-electron chi connectivity index (χ1n) is 27.4.